The van der Waals surface area contributed by atoms with Crippen LogP contribution in [0.15, 0.2) is 72.2 Å². The van der Waals surface area contributed by atoms with Crippen LogP contribution in [0.1, 0.15) is 19.9 Å². The van der Waals surface area contributed by atoms with Crippen LogP contribution in [0.5, 0.6) is 0 Å². The average Bonchev–Trinajstić information content (AvgIpc) is 2.94. The molecule has 0 unspecified atom stereocenters. The number of nitrogens with zero attached hydrogens (tertiary/aromatic N) is 6. The van der Waals surface area contributed by atoms with E-state index in [-0.39, 0.29) is 17.5 Å². The van der Waals surface area contributed by atoms with Crippen molar-refractivity contribution in [2.75, 3.05) is 48.8 Å². The molecule has 0 aliphatic carbocycles. The van der Waals surface area contributed by atoms with Gasteiger partial charge < -0.3 is 20.4 Å². The fourth-order valence-corrected chi connectivity index (χ4v) is 4.53. The van der Waals surface area contributed by atoms with Crippen molar-refractivity contribution in [3.63, 3.8) is 0 Å². The van der Waals surface area contributed by atoms with Gasteiger partial charge in [-0.3, -0.25) is 9.59 Å². The highest BCUT2D eigenvalue weighted by molar-refractivity contribution is 5.99. The molecule has 5 rings (SSSR count). The molecule has 4 aromatic rings. The van der Waals surface area contributed by atoms with Gasteiger partial charge in [0.05, 0.1) is 11.4 Å². The molecule has 1 amide bonds. The Morgan fingerprint density at radius 1 is 1.05 bits per heavy atom. The van der Waals surface area contributed by atoms with E-state index in [0.29, 0.717) is 33.8 Å². The smallest absolute Gasteiger partial charge is 0.278 e. The van der Waals surface area contributed by atoms with Gasteiger partial charge in [-0.05, 0) is 63.4 Å². The molecule has 0 bridgehead atoms. The van der Waals surface area contributed by atoms with Crippen LogP contribution in [-0.4, -0.2) is 63.8 Å². The number of fused-ring (bicyclic) bond motifs is 1. The number of hydrogen-bond donors (Lipinski definition) is 2. The lowest BCUT2D eigenvalue weighted by molar-refractivity contribution is -0.111. The molecule has 1 fully saturated rings. The van der Waals surface area contributed by atoms with Gasteiger partial charge in [0.1, 0.15) is 11.2 Å². The third kappa shape index (κ3) is 5.65. The second kappa shape index (κ2) is 11.0. The second-order valence-corrected chi connectivity index (χ2v) is 9.88. The zero-order chi connectivity index (χ0) is 27.5. The molecule has 0 saturated carbocycles. The Kier molecular flexibility index (Phi) is 7.38. The summed E-state index contributed by atoms with van der Waals surface area (Å²) in [7, 11) is 2.14. The number of carbonyl (C=O) groups excluding carboxylic acids is 1. The SMILES string of the molecule is C=CC(=O)Nc1cccc(-c2nn(C(C)C)c(=O)c3cnc(Nc4ccc(N5CCN(C)CC5)cc4)nc23)c1. The molecule has 1 saturated heterocycles. The van der Waals surface area contributed by atoms with E-state index in [2.05, 4.69) is 56.3 Å². The van der Waals surface area contributed by atoms with Crippen LogP contribution in [0.2, 0.25) is 0 Å². The van der Waals surface area contributed by atoms with E-state index in [1.54, 1.807) is 18.3 Å². The monoisotopic (exact) mass is 524 g/mol. The van der Waals surface area contributed by atoms with Gasteiger partial charge in [0.15, 0.2) is 0 Å². The van der Waals surface area contributed by atoms with Crippen LogP contribution >= 0.6 is 0 Å². The maximum Gasteiger partial charge on any atom is 0.278 e. The lowest BCUT2D eigenvalue weighted by atomic mass is 10.1. The van der Waals surface area contributed by atoms with Gasteiger partial charge in [-0.25, -0.2) is 14.6 Å². The molecular formula is C29H32N8O2. The van der Waals surface area contributed by atoms with E-state index in [1.807, 2.05) is 38.1 Å². The Hall–Kier alpha value is -4.57. The fourth-order valence-electron chi connectivity index (χ4n) is 4.53. The summed E-state index contributed by atoms with van der Waals surface area (Å²) in [6.07, 6.45) is 2.75. The first-order valence-corrected chi connectivity index (χ1v) is 13.0. The number of amides is 1. The number of aromatic nitrogens is 4. The standard InChI is InChI=1S/C29H32N8O2/c1-5-25(38)31-22-8-6-7-20(17-22)26-27-24(28(39)37(34-26)19(2)3)18-30-29(33-27)32-21-9-11-23(12-10-21)36-15-13-35(4)14-16-36/h5-12,17-19H,1,13-16H2,2-4H3,(H,31,38)(H,30,32,33). The van der Waals surface area contributed by atoms with Crippen molar-refractivity contribution in [3.8, 4) is 11.3 Å². The first-order chi connectivity index (χ1) is 18.8. The van der Waals surface area contributed by atoms with Gasteiger partial charge in [0, 0.05) is 55.0 Å². The normalized spacial score (nSPS) is 14.0. The van der Waals surface area contributed by atoms with Crippen LogP contribution < -0.4 is 21.1 Å². The lowest BCUT2D eigenvalue weighted by Crippen LogP contribution is -2.44. The minimum Gasteiger partial charge on any atom is -0.369 e. The molecule has 2 aromatic heterocycles. The number of likely N-dealkylation sites (N-methyl/N-ethyl adjacent to an activating group) is 1. The number of anilines is 4. The molecule has 0 spiro atoms. The summed E-state index contributed by atoms with van der Waals surface area (Å²) in [6, 6.07) is 15.3. The van der Waals surface area contributed by atoms with Crippen molar-refractivity contribution >= 4 is 39.8 Å². The Morgan fingerprint density at radius 2 is 1.79 bits per heavy atom. The molecule has 10 nitrogen and oxygen atoms in total. The predicted molar refractivity (Wildman–Crippen MR) is 156 cm³/mol. The van der Waals surface area contributed by atoms with Gasteiger partial charge in [-0.1, -0.05) is 18.7 Å². The molecule has 39 heavy (non-hydrogen) atoms. The van der Waals surface area contributed by atoms with Crippen molar-refractivity contribution in [3.05, 3.63) is 77.7 Å². The maximum absolute atomic E-state index is 13.2. The number of hydrogen-bond acceptors (Lipinski definition) is 8. The highest BCUT2D eigenvalue weighted by atomic mass is 16.1. The summed E-state index contributed by atoms with van der Waals surface area (Å²) in [5.74, 6) is 0.0419. The van der Waals surface area contributed by atoms with Gasteiger partial charge >= 0.3 is 0 Å². The van der Waals surface area contributed by atoms with Crippen molar-refractivity contribution in [1.82, 2.24) is 24.6 Å². The fraction of sp³-hybridized carbons (Fsp3) is 0.276. The molecular weight excluding hydrogens is 492 g/mol. The minimum absolute atomic E-state index is 0.166. The van der Waals surface area contributed by atoms with E-state index in [9.17, 15) is 9.59 Å². The molecule has 200 valence electrons. The molecule has 2 aromatic carbocycles. The molecule has 0 atom stereocenters. The van der Waals surface area contributed by atoms with Crippen molar-refractivity contribution < 1.29 is 4.79 Å². The van der Waals surface area contributed by atoms with Crippen LogP contribution in [0.3, 0.4) is 0 Å². The van der Waals surface area contributed by atoms with Crippen LogP contribution in [0.4, 0.5) is 23.0 Å². The molecule has 0 radical (unpaired) electrons. The highest BCUT2D eigenvalue weighted by Gasteiger charge is 2.18. The predicted octanol–water partition coefficient (Wildman–Crippen LogP) is 4.05. The minimum atomic E-state index is -0.315. The Bertz CT molecular complexity index is 1570. The number of benzene rings is 2. The zero-order valence-corrected chi connectivity index (χ0v) is 22.4. The summed E-state index contributed by atoms with van der Waals surface area (Å²) >= 11 is 0. The molecule has 3 heterocycles. The Balaban J connectivity index is 1.50. The Morgan fingerprint density at radius 3 is 2.49 bits per heavy atom. The maximum atomic E-state index is 13.2. The zero-order valence-electron chi connectivity index (χ0n) is 22.4. The lowest BCUT2D eigenvalue weighted by Gasteiger charge is -2.34. The van der Waals surface area contributed by atoms with E-state index >= 15 is 0 Å². The molecule has 1 aliphatic heterocycles. The van der Waals surface area contributed by atoms with Gasteiger partial charge in [-0.2, -0.15) is 5.10 Å². The van der Waals surface area contributed by atoms with Gasteiger partial charge in [-0.15, -0.1) is 0 Å². The number of carbonyl (C=O) groups is 1. The van der Waals surface area contributed by atoms with Crippen molar-refractivity contribution in [2.45, 2.75) is 19.9 Å². The quantitative estimate of drug-likeness (QED) is 0.349. The van der Waals surface area contributed by atoms with Crippen molar-refractivity contribution in [2.24, 2.45) is 0 Å². The van der Waals surface area contributed by atoms with Crippen LogP contribution in [0.25, 0.3) is 22.2 Å². The summed E-state index contributed by atoms with van der Waals surface area (Å²) in [6.45, 7) is 11.4. The van der Waals surface area contributed by atoms with E-state index < -0.39 is 0 Å². The Labute approximate surface area is 227 Å². The van der Waals surface area contributed by atoms with Gasteiger partial charge in [0.2, 0.25) is 11.9 Å². The number of rotatable bonds is 7. The third-order valence-electron chi connectivity index (χ3n) is 6.73. The van der Waals surface area contributed by atoms with Crippen LogP contribution in [0, 0.1) is 0 Å². The first kappa shape index (κ1) is 26.1. The second-order valence-electron chi connectivity index (χ2n) is 9.88. The average molecular weight is 525 g/mol. The number of piperazine rings is 1. The third-order valence-corrected chi connectivity index (χ3v) is 6.73. The highest BCUT2D eigenvalue weighted by Crippen LogP contribution is 2.28. The summed E-state index contributed by atoms with van der Waals surface area (Å²) in [4.78, 5) is 38.9. The summed E-state index contributed by atoms with van der Waals surface area (Å²) in [5, 5.41) is 11.1. The summed E-state index contributed by atoms with van der Waals surface area (Å²) < 4.78 is 1.43. The van der Waals surface area contributed by atoms with Crippen molar-refractivity contribution in [1.29, 1.82) is 0 Å². The topological polar surface area (TPSA) is 108 Å². The largest absolute Gasteiger partial charge is 0.369 e. The molecule has 10 heteroatoms. The molecule has 2 N–H and O–H groups in total. The van der Waals surface area contributed by atoms with E-state index in [1.165, 1.54) is 16.4 Å². The first-order valence-electron chi connectivity index (χ1n) is 13.0. The van der Waals surface area contributed by atoms with E-state index in [4.69, 9.17) is 4.98 Å². The summed E-state index contributed by atoms with van der Waals surface area (Å²) in [5.41, 5.74) is 3.99. The van der Waals surface area contributed by atoms with Gasteiger partial charge in [0.25, 0.3) is 5.56 Å². The molecule has 1 aliphatic rings. The van der Waals surface area contributed by atoms with E-state index in [0.717, 1.165) is 31.9 Å². The van der Waals surface area contributed by atoms with Crippen LogP contribution in [-0.2, 0) is 4.79 Å². The number of nitrogens with one attached hydrogen (secondary N) is 2.